The molecular weight excluding hydrogens is 445 g/mol. The molecule has 0 atom stereocenters. The van der Waals surface area contributed by atoms with E-state index < -0.39 is 11.9 Å². The minimum atomic E-state index is -4.63. The Labute approximate surface area is 164 Å². The number of likely N-dealkylation sites (tertiary alicyclic amines) is 1. The number of halogens is 4. The molecule has 27 heavy (non-hydrogen) atoms. The predicted molar refractivity (Wildman–Crippen MR) is 98.8 cm³/mol. The first-order chi connectivity index (χ1) is 12.9. The first-order valence-electron chi connectivity index (χ1n) is 8.36. The molecular formula is C17H14BrF3N4OS. The van der Waals surface area contributed by atoms with Crippen molar-refractivity contribution in [3.05, 3.63) is 39.4 Å². The van der Waals surface area contributed by atoms with Gasteiger partial charge in [0.15, 0.2) is 17.0 Å². The Morgan fingerprint density at radius 3 is 2.59 bits per heavy atom. The standard InChI is InChI=1S/C17H14BrF3N4OS/c18-13-14(16(26)24-6-2-1-3-7-24)23-25-12(17(19,20)21)9-10(22-15(13)25)11-5-4-8-27-11/h4-5,8-9H,1-3,6-7H2. The van der Waals surface area contributed by atoms with Crippen LogP contribution >= 0.6 is 27.3 Å². The summed E-state index contributed by atoms with van der Waals surface area (Å²) in [6.07, 6.45) is -1.83. The summed E-state index contributed by atoms with van der Waals surface area (Å²) in [6, 6.07) is 4.41. The SMILES string of the molecule is O=C(c1nn2c(C(F)(F)F)cc(-c3cccs3)nc2c1Br)N1CCCCC1. The lowest BCUT2D eigenvalue weighted by molar-refractivity contribution is -0.142. The van der Waals surface area contributed by atoms with E-state index in [9.17, 15) is 18.0 Å². The maximum Gasteiger partial charge on any atom is 0.433 e. The van der Waals surface area contributed by atoms with Crippen molar-refractivity contribution >= 4 is 38.8 Å². The highest BCUT2D eigenvalue weighted by Crippen LogP contribution is 2.35. The lowest BCUT2D eigenvalue weighted by atomic mass is 10.1. The average Bonchev–Trinajstić information content (AvgIpc) is 3.29. The molecule has 10 heteroatoms. The Balaban J connectivity index is 1.88. The fourth-order valence-corrected chi connectivity index (χ4v) is 4.32. The molecule has 0 aliphatic carbocycles. The van der Waals surface area contributed by atoms with Crippen molar-refractivity contribution in [2.45, 2.75) is 25.4 Å². The van der Waals surface area contributed by atoms with Gasteiger partial charge in [0, 0.05) is 13.1 Å². The average molecular weight is 459 g/mol. The van der Waals surface area contributed by atoms with Crippen molar-refractivity contribution in [3.63, 3.8) is 0 Å². The van der Waals surface area contributed by atoms with E-state index in [1.54, 1.807) is 22.4 Å². The molecule has 1 aliphatic heterocycles. The van der Waals surface area contributed by atoms with Crippen LogP contribution in [0.1, 0.15) is 35.4 Å². The number of rotatable bonds is 2. The molecule has 4 heterocycles. The highest BCUT2D eigenvalue weighted by atomic mass is 79.9. The molecule has 0 spiro atoms. The number of hydrogen-bond donors (Lipinski definition) is 0. The van der Waals surface area contributed by atoms with Crippen molar-refractivity contribution in [3.8, 4) is 10.6 Å². The van der Waals surface area contributed by atoms with Crippen LogP contribution in [-0.4, -0.2) is 38.5 Å². The summed E-state index contributed by atoms with van der Waals surface area (Å²) in [5.74, 6) is -0.377. The fourth-order valence-electron chi connectivity index (χ4n) is 3.13. The summed E-state index contributed by atoms with van der Waals surface area (Å²) in [4.78, 5) is 19.4. The van der Waals surface area contributed by atoms with Gasteiger partial charge in [-0.25, -0.2) is 9.50 Å². The van der Waals surface area contributed by atoms with Gasteiger partial charge in [0.2, 0.25) is 0 Å². The van der Waals surface area contributed by atoms with Crippen LogP contribution in [0.4, 0.5) is 13.2 Å². The second-order valence-electron chi connectivity index (χ2n) is 6.25. The molecule has 1 amide bonds. The smallest absolute Gasteiger partial charge is 0.337 e. The molecule has 5 nitrogen and oxygen atoms in total. The zero-order chi connectivity index (χ0) is 19.2. The van der Waals surface area contributed by atoms with E-state index in [4.69, 9.17) is 0 Å². The number of thiophene rings is 1. The van der Waals surface area contributed by atoms with Crippen LogP contribution in [0.2, 0.25) is 0 Å². The first-order valence-corrected chi connectivity index (χ1v) is 10.0. The van der Waals surface area contributed by atoms with Crippen molar-refractivity contribution < 1.29 is 18.0 Å². The first kappa shape index (κ1) is 18.4. The summed E-state index contributed by atoms with van der Waals surface area (Å²) in [5, 5.41) is 5.74. The molecule has 0 saturated carbocycles. The van der Waals surface area contributed by atoms with E-state index in [-0.39, 0.29) is 27.4 Å². The zero-order valence-corrected chi connectivity index (χ0v) is 16.4. The number of fused-ring (bicyclic) bond motifs is 1. The Morgan fingerprint density at radius 1 is 1.22 bits per heavy atom. The number of carbonyl (C=O) groups is 1. The van der Waals surface area contributed by atoms with Gasteiger partial charge >= 0.3 is 6.18 Å². The third kappa shape index (κ3) is 3.36. The third-order valence-corrected chi connectivity index (χ3v) is 6.07. The molecule has 1 aliphatic rings. The zero-order valence-electron chi connectivity index (χ0n) is 14.0. The Bertz CT molecular complexity index is 994. The molecule has 0 radical (unpaired) electrons. The number of hydrogen-bond acceptors (Lipinski definition) is 4. The second kappa shape index (κ2) is 6.90. The van der Waals surface area contributed by atoms with Crippen LogP contribution in [0.25, 0.3) is 16.2 Å². The van der Waals surface area contributed by atoms with Crippen LogP contribution in [0.15, 0.2) is 28.1 Å². The maximum absolute atomic E-state index is 13.6. The van der Waals surface area contributed by atoms with Gasteiger partial charge in [-0.15, -0.1) is 11.3 Å². The van der Waals surface area contributed by atoms with Crippen molar-refractivity contribution in [1.29, 1.82) is 0 Å². The number of piperidine rings is 1. The van der Waals surface area contributed by atoms with E-state index in [2.05, 4.69) is 26.0 Å². The molecule has 1 saturated heterocycles. The number of carbonyl (C=O) groups excluding carboxylic acids is 1. The lowest BCUT2D eigenvalue weighted by Crippen LogP contribution is -2.36. The van der Waals surface area contributed by atoms with Gasteiger partial charge in [-0.05, 0) is 52.7 Å². The molecule has 3 aromatic heterocycles. The molecule has 0 N–H and O–H groups in total. The van der Waals surface area contributed by atoms with Gasteiger partial charge < -0.3 is 4.90 Å². The minimum absolute atomic E-state index is 0.0198. The normalized spacial score (nSPS) is 15.5. The summed E-state index contributed by atoms with van der Waals surface area (Å²) in [7, 11) is 0. The van der Waals surface area contributed by atoms with Crippen LogP contribution in [-0.2, 0) is 6.18 Å². The lowest BCUT2D eigenvalue weighted by Gasteiger charge is -2.25. The highest BCUT2D eigenvalue weighted by Gasteiger charge is 2.37. The van der Waals surface area contributed by atoms with Crippen LogP contribution in [0.3, 0.4) is 0 Å². The minimum Gasteiger partial charge on any atom is -0.337 e. The van der Waals surface area contributed by atoms with Crippen LogP contribution in [0.5, 0.6) is 0 Å². The molecule has 4 rings (SSSR count). The van der Waals surface area contributed by atoms with Gasteiger partial charge in [0.25, 0.3) is 5.91 Å². The molecule has 142 valence electrons. The highest BCUT2D eigenvalue weighted by molar-refractivity contribution is 9.10. The van der Waals surface area contributed by atoms with E-state index in [1.807, 2.05) is 0 Å². The van der Waals surface area contributed by atoms with Crippen LogP contribution < -0.4 is 0 Å². The Morgan fingerprint density at radius 2 is 1.96 bits per heavy atom. The van der Waals surface area contributed by atoms with Crippen molar-refractivity contribution in [2.24, 2.45) is 0 Å². The van der Waals surface area contributed by atoms with Gasteiger partial charge in [-0.1, -0.05) is 6.07 Å². The summed E-state index contributed by atoms with van der Waals surface area (Å²) >= 11 is 4.56. The number of alkyl halides is 3. The molecule has 1 fully saturated rings. The summed E-state index contributed by atoms with van der Waals surface area (Å²) in [6.45, 7) is 1.16. The Kier molecular flexibility index (Phi) is 4.71. The van der Waals surface area contributed by atoms with Gasteiger partial charge in [0.1, 0.15) is 0 Å². The summed E-state index contributed by atoms with van der Waals surface area (Å²) in [5.41, 5.74) is -0.830. The molecule has 0 unspecified atom stereocenters. The van der Waals surface area contributed by atoms with Crippen molar-refractivity contribution in [2.75, 3.05) is 13.1 Å². The largest absolute Gasteiger partial charge is 0.433 e. The van der Waals surface area contributed by atoms with Crippen molar-refractivity contribution in [1.82, 2.24) is 19.5 Å². The number of aromatic nitrogens is 3. The van der Waals surface area contributed by atoms with E-state index in [1.165, 1.54) is 11.3 Å². The molecule has 0 bridgehead atoms. The summed E-state index contributed by atoms with van der Waals surface area (Å²) < 4.78 is 41.8. The third-order valence-electron chi connectivity index (χ3n) is 4.44. The number of amides is 1. The monoisotopic (exact) mass is 458 g/mol. The Hall–Kier alpha value is -1.94. The van der Waals surface area contributed by atoms with Gasteiger partial charge in [-0.2, -0.15) is 18.3 Å². The fraction of sp³-hybridized carbons (Fsp3) is 0.353. The van der Waals surface area contributed by atoms with Gasteiger partial charge in [0.05, 0.1) is 15.0 Å². The van der Waals surface area contributed by atoms with E-state index >= 15 is 0 Å². The molecule has 0 aromatic carbocycles. The molecule has 3 aromatic rings. The van der Waals surface area contributed by atoms with E-state index in [0.29, 0.717) is 22.5 Å². The van der Waals surface area contributed by atoms with E-state index in [0.717, 1.165) is 25.3 Å². The predicted octanol–water partition coefficient (Wildman–Crippen LogP) is 4.87. The second-order valence-corrected chi connectivity index (χ2v) is 7.99. The number of nitrogens with zero attached hydrogens (tertiary/aromatic N) is 4. The topological polar surface area (TPSA) is 50.5 Å². The quantitative estimate of drug-likeness (QED) is 0.550. The maximum atomic E-state index is 13.6. The van der Waals surface area contributed by atoms with Gasteiger partial charge in [-0.3, -0.25) is 4.79 Å². The van der Waals surface area contributed by atoms with Crippen LogP contribution in [0, 0.1) is 0 Å².